The van der Waals surface area contributed by atoms with E-state index < -0.39 is 11.4 Å². The standard InChI is InChI=1S/H2O3S.2H2S/c1-4(2)3;;/h(H2,1,2,3);2*1H2. The molecule has 6 heavy (non-hydrogen) atoms. The maximum atomic E-state index is 8.67. The van der Waals surface area contributed by atoms with E-state index in [1.165, 1.54) is 0 Å². The zero-order valence-corrected chi connectivity index (χ0v) is 5.53. The third-order valence-corrected chi connectivity index (χ3v) is 0. The van der Waals surface area contributed by atoms with Gasteiger partial charge in [-0.3, -0.25) is 9.11 Å². The maximum absolute atomic E-state index is 8.67. The van der Waals surface area contributed by atoms with E-state index in [2.05, 4.69) is 0 Å². The molecule has 0 saturated carbocycles. The van der Waals surface area contributed by atoms with Gasteiger partial charge in [0.25, 0.3) is 11.4 Å². The molecule has 0 fully saturated rings. The lowest BCUT2D eigenvalue weighted by Crippen LogP contribution is -1.74. The van der Waals surface area contributed by atoms with Crippen LogP contribution >= 0.6 is 27.0 Å². The smallest absolute Gasteiger partial charge is 0.284 e. The van der Waals surface area contributed by atoms with Crippen LogP contribution in [0, 0.1) is 0 Å². The molecular formula is H6O3S3. The summed E-state index contributed by atoms with van der Waals surface area (Å²) in [6.45, 7) is 0. The average Bonchev–Trinajstić information content (AvgIpc) is 0.811. The van der Waals surface area contributed by atoms with E-state index in [0.717, 1.165) is 0 Å². The van der Waals surface area contributed by atoms with Gasteiger partial charge in [0.05, 0.1) is 0 Å². The molecule has 6 heteroatoms. The molecule has 0 bridgehead atoms. The molecule has 0 atom stereocenters. The summed E-state index contributed by atoms with van der Waals surface area (Å²) in [5.74, 6) is 0. The van der Waals surface area contributed by atoms with Crippen LogP contribution in [0.2, 0.25) is 0 Å². The van der Waals surface area contributed by atoms with Gasteiger partial charge in [-0.1, -0.05) is 0 Å². The summed E-state index contributed by atoms with van der Waals surface area (Å²) in [7, 11) is 0. The van der Waals surface area contributed by atoms with Crippen molar-refractivity contribution in [2.45, 2.75) is 0 Å². The molecule has 0 aromatic heterocycles. The van der Waals surface area contributed by atoms with Gasteiger partial charge in [0.15, 0.2) is 0 Å². The highest BCUT2D eigenvalue weighted by Crippen LogP contribution is 1.44. The molecule has 0 aromatic carbocycles. The first kappa shape index (κ1) is 15.9. The summed E-state index contributed by atoms with van der Waals surface area (Å²) in [6, 6.07) is 0. The fourth-order valence-electron chi connectivity index (χ4n) is 0. The summed E-state index contributed by atoms with van der Waals surface area (Å²) in [5, 5.41) is 0. The minimum Gasteiger partial charge on any atom is -0.284 e. The van der Waals surface area contributed by atoms with Gasteiger partial charge < -0.3 is 0 Å². The molecule has 0 spiro atoms. The number of rotatable bonds is 0. The second-order valence-electron chi connectivity index (χ2n) is 0.231. The van der Waals surface area contributed by atoms with Crippen LogP contribution in [0.5, 0.6) is 0 Å². The van der Waals surface area contributed by atoms with Crippen LogP contribution in [-0.4, -0.2) is 13.3 Å². The monoisotopic (exact) mass is 150 g/mol. The van der Waals surface area contributed by atoms with E-state index in [9.17, 15) is 0 Å². The van der Waals surface area contributed by atoms with Crippen LogP contribution in [0.4, 0.5) is 0 Å². The highest BCUT2D eigenvalue weighted by atomic mass is 32.2. The molecule has 3 nitrogen and oxygen atoms in total. The van der Waals surface area contributed by atoms with Gasteiger partial charge in [-0.15, -0.1) is 0 Å². The lowest BCUT2D eigenvalue weighted by molar-refractivity contribution is 0.454. The molecule has 0 heterocycles. The normalized spacial score (nSPS) is 5.83. The first-order chi connectivity index (χ1) is 1.73. The summed E-state index contributed by atoms with van der Waals surface area (Å²) in [6.07, 6.45) is 0. The Morgan fingerprint density at radius 1 is 1.17 bits per heavy atom. The molecule has 0 aliphatic carbocycles. The molecule has 42 valence electrons. The van der Waals surface area contributed by atoms with Crippen molar-refractivity contribution in [1.82, 2.24) is 0 Å². The average molecular weight is 150 g/mol. The molecule has 0 aliphatic rings. The Morgan fingerprint density at radius 2 is 1.17 bits per heavy atom. The van der Waals surface area contributed by atoms with Crippen LogP contribution in [0.1, 0.15) is 0 Å². The van der Waals surface area contributed by atoms with Gasteiger partial charge in [-0.25, -0.2) is 0 Å². The fraction of sp³-hybridized carbons (Fsp3) is 0. The van der Waals surface area contributed by atoms with Gasteiger partial charge in [-0.2, -0.15) is 31.2 Å². The Balaban J connectivity index is -0.0000000450. The molecule has 0 radical (unpaired) electrons. The Bertz CT molecular complexity index is 29.0. The van der Waals surface area contributed by atoms with Crippen molar-refractivity contribution < 1.29 is 13.3 Å². The van der Waals surface area contributed by atoms with Gasteiger partial charge in [0.1, 0.15) is 0 Å². The van der Waals surface area contributed by atoms with Gasteiger partial charge in [0.2, 0.25) is 0 Å². The van der Waals surface area contributed by atoms with Crippen LogP contribution in [0.15, 0.2) is 0 Å². The summed E-state index contributed by atoms with van der Waals surface area (Å²) >= 11 is -2.61. The number of hydrogen-bond acceptors (Lipinski definition) is 1. The largest absolute Gasteiger partial charge is 0.299 e. The van der Waals surface area contributed by atoms with Gasteiger partial charge in [-0.05, 0) is 0 Å². The summed E-state index contributed by atoms with van der Waals surface area (Å²) in [5.41, 5.74) is 0. The predicted molar refractivity (Wildman–Crippen MR) is 34.2 cm³/mol. The van der Waals surface area contributed by atoms with E-state index in [1.807, 2.05) is 0 Å². The van der Waals surface area contributed by atoms with Gasteiger partial charge in [0, 0.05) is 0 Å². The van der Waals surface area contributed by atoms with Gasteiger partial charge >= 0.3 is 0 Å². The molecule has 0 aliphatic heterocycles. The molecule has 0 unspecified atom stereocenters. The van der Waals surface area contributed by atoms with Crippen molar-refractivity contribution in [1.29, 1.82) is 0 Å². The minimum atomic E-state index is -2.61. The van der Waals surface area contributed by atoms with E-state index in [1.54, 1.807) is 0 Å². The lowest BCUT2D eigenvalue weighted by Gasteiger charge is -1.59. The minimum absolute atomic E-state index is 0. The van der Waals surface area contributed by atoms with E-state index >= 15 is 0 Å². The molecule has 0 saturated heterocycles. The second-order valence-corrected chi connectivity index (χ2v) is 0.692. The second kappa shape index (κ2) is 9.24. The zero-order chi connectivity index (χ0) is 3.58. The van der Waals surface area contributed by atoms with Crippen molar-refractivity contribution in [3.05, 3.63) is 0 Å². The van der Waals surface area contributed by atoms with E-state index in [0.29, 0.717) is 0 Å². The van der Waals surface area contributed by atoms with E-state index in [4.69, 9.17) is 13.3 Å². The molecule has 2 N–H and O–H groups in total. The first-order valence-electron chi connectivity index (χ1n) is 0.532. The molecule has 0 rings (SSSR count). The summed E-state index contributed by atoms with van der Waals surface area (Å²) in [4.78, 5) is 0. The maximum Gasteiger partial charge on any atom is 0.299 e. The topological polar surface area (TPSA) is 57.5 Å². The van der Waals surface area contributed by atoms with E-state index in [-0.39, 0.29) is 27.0 Å². The van der Waals surface area contributed by atoms with Crippen LogP contribution in [-0.2, 0) is 11.4 Å². The van der Waals surface area contributed by atoms with Crippen molar-refractivity contribution in [2.75, 3.05) is 0 Å². The number of hydrogen-bond donors (Lipinski definition) is 2. The Hall–Kier alpha value is 0.770. The highest BCUT2D eigenvalue weighted by molar-refractivity contribution is 7.73. The van der Waals surface area contributed by atoms with Crippen molar-refractivity contribution in [3.63, 3.8) is 0 Å². The van der Waals surface area contributed by atoms with Crippen molar-refractivity contribution in [2.24, 2.45) is 0 Å². The van der Waals surface area contributed by atoms with Crippen LogP contribution < -0.4 is 0 Å². The quantitative estimate of drug-likeness (QED) is 0.474. The molecule has 0 amide bonds. The third-order valence-electron chi connectivity index (χ3n) is 0. The Labute approximate surface area is 52.1 Å². The summed E-state index contributed by atoms with van der Waals surface area (Å²) < 4.78 is 22.8. The lowest BCUT2D eigenvalue weighted by atomic mass is 15.8. The molecule has 0 aromatic rings. The molecular weight excluding hydrogens is 144 g/mol. The highest BCUT2D eigenvalue weighted by Gasteiger charge is 1.62. The van der Waals surface area contributed by atoms with Crippen LogP contribution in [0.3, 0.4) is 0 Å². The third kappa shape index (κ3) is 114. The van der Waals surface area contributed by atoms with Crippen molar-refractivity contribution in [3.8, 4) is 0 Å². The Kier molecular flexibility index (Phi) is 24.4. The first-order valence-corrected chi connectivity index (χ1v) is 1.60. The Morgan fingerprint density at radius 3 is 1.17 bits per heavy atom. The van der Waals surface area contributed by atoms with Crippen molar-refractivity contribution >= 4 is 38.4 Å². The SMILES string of the molecule is O=S(O)O.S.S. The fourth-order valence-corrected chi connectivity index (χ4v) is 0. The zero-order valence-electron chi connectivity index (χ0n) is 2.71. The van der Waals surface area contributed by atoms with Crippen LogP contribution in [0.25, 0.3) is 0 Å². The predicted octanol–water partition coefficient (Wildman–Crippen LogP) is -0.0933.